The van der Waals surface area contributed by atoms with Crippen molar-refractivity contribution in [1.29, 1.82) is 0 Å². The summed E-state index contributed by atoms with van der Waals surface area (Å²) in [7, 11) is 0. The molecule has 1 saturated heterocycles. The predicted octanol–water partition coefficient (Wildman–Crippen LogP) is 5.70. The molecule has 0 amide bonds. The van der Waals surface area contributed by atoms with Crippen LogP contribution in [0.4, 0.5) is 8.78 Å². The Labute approximate surface area is 138 Å². The zero-order valence-corrected chi connectivity index (χ0v) is 14.2. The molecule has 0 unspecified atom stereocenters. The lowest BCUT2D eigenvalue weighted by atomic mass is 9.79. The first-order valence-electron chi connectivity index (χ1n) is 9.04. The fourth-order valence-corrected chi connectivity index (χ4v) is 3.61. The lowest BCUT2D eigenvalue weighted by Crippen LogP contribution is -2.32. The molecule has 23 heavy (non-hydrogen) atoms. The lowest BCUT2D eigenvalue weighted by Gasteiger charge is -2.31. The van der Waals surface area contributed by atoms with Gasteiger partial charge in [-0.3, -0.25) is 0 Å². The number of allylic oxidation sites excluding steroid dienone is 3. The van der Waals surface area contributed by atoms with E-state index < -0.39 is 6.08 Å². The first kappa shape index (κ1) is 18.6. The zero-order valence-electron chi connectivity index (χ0n) is 14.2. The summed E-state index contributed by atoms with van der Waals surface area (Å²) in [4.78, 5) is 0. The van der Waals surface area contributed by atoms with Crippen LogP contribution in [0.1, 0.15) is 58.3 Å². The third-order valence-electron chi connectivity index (χ3n) is 5.08. The fraction of sp³-hybridized carbons (Fsp3) is 0.789. The minimum atomic E-state index is -1.52. The van der Waals surface area contributed by atoms with Gasteiger partial charge in [0.15, 0.2) is 6.29 Å². The summed E-state index contributed by atoms with van der Waals surface area (Å²) >= 11 is 0. The molecular formula is C19H30F2O2. The van der Waals surface area contributed by atoms with Crippen molar-refractivity contribution in [1.82, 2.24) is 0 Å². The minimum absolute atomic E-state index is 0.0414. The van der Waals surface area contributed by atoms with Gasteiger partial charge >= 0.3 is 0 Å². The molecule has 1 saturated carbocycles. The monoisotopic (exact) mass is 328 g/mol. The SMILES string of the molecule is CC=CCCC1OCC(CCC2CCC(C=C(F)F)CC2)CO1. The number of halogens is 2. The maximum atomic E-state index is 12.3. The maximum absolute atomic E-state index is 12.3. The highest BCUT2D eigenvalue weighted by Crippen LogP contribution is 2.34. The van der Waals surface area contributed by atoms with Gasteiger partial charge in [0.05, 0.1) is 13.2 Å². The molecule has 0 N–H and O–H groups in total. The summed E-state index contributed by atoms with van der Waals surface area (Å²) in [6, 6.07) is 0. The molecule has 4 heteroatoms. The van der Waals surface area contributed by atoms with E-state index in [0.29, 0.717) is 11.8 Å². The molecule has 0 aromatic carbocycles. The summed E-state index contributed by atoms with van der Waals surface area (Å²) in [5, 5.41) is 0. The van der Waals surface area contributed by atoms with Crippen LogP contribution in [-0.4, -0.2) is 19.5 Å². The number of hydrogen-bond acceptors (Lipinski definition) is 2. The molecule has 0 bridgehead atoms. The van der Waals surface area contributed by atoms with Crippen molar-refractivity contribution in [2.75, 3.05) is 13.2 Å². The summed E-state index contributed by atoms with van der Waals surface area (Å²) < 4.78 is 36.1. The van der Waals surface area contributed by atoms with Gasteiger partial charge in [-0.1, -0.05) is 18.6 Å². The van der Waals surface area contributed by atoms with Crippen molar-refractivity contribution in [2.24, 2.45) is 17.8 Å². The Balaban J connectivity index is 1.57. The second-order valence-electron chi connectivity index (χ2n) is 6.92. The van der Waals surface area contributed by atoms with Crippen molar-refractivity contribution in [3.8, 4) is 0 Å². The molecule has 0 aromatic rings. The number of hydrogen-bond donors (Lipinski definition) is 0. The topological polar surface area (TPSA) is 18.5 Å². The molecule has 2 aliphatic rings. The number of rotatable bonds is 7. The largest absolute Gasteiger partial charge is 0.352 e. The lowest BCUT2D eigenvalue weighted by molar-refractivity contribution is -0.203. The van der Waals surface area contributed by atoms with E-state index in [0.717, 1.165) is 64.2 Å². The first-order chi connectivity index (χ1) is 11.2. The maximum Gasteiger partial charge on any atom is 0.266 e. The van der Waals surface area contributed by atoms with Crippen molar-refractivity contribution >= 4 is 0 Å². The normalized spacial score (nSPS) is 32.1. The van der Waals surface area contributed by atoms with Crippen LogP contribution < -0.4 is 0 Å². The highest BCUT2D eigenvalue weighted by Gasteiger charge is 2.25. The van der Waals surface area contributed by atoms with Crippen LogP contribution in [0.2, 0.25) is 0 Å². The molecule has 2 fully saturated rings. The van der Waals surface area contributed by atoms with E-state index in [1.165, 1.54) is 6.42 Å². The number of ether oxygens (including phenoxy) is 2. The van der Waals surface area contributed by atoms with Crippen molar-refractivity contribution in [3.63, 3.8) is 0 Å². The average molecular weight is 328 g/mol. The Morgan fingerprint density at radius 3 is 2.22 bits per heavy atom. The van der Waals surface area contributed by atoms with Gasteiger partial charge in [0.2, 0.25) is 0 Å². The summed E-state index contributed by atoms with van der Waals surface area (Å²) in [6.45, 7) is 3.62. The van der Waals surface area contributed by atoms with E-state index in [1.807, 2.05) is 6.92 Å². The van der Waals surface area contributed by atoms with Gasteiger partial charge < -0.3 is 9.47 Å². The molecule has 132 valence electrons. The third-order valence-corrected chi connectivity index (χ3v) is 5.08. The van der Waals surface area contributed by atoms with E-state index in [4.69, 9.17) is 9.47 Å². The molecule has 2 rings (SSSR count). The Bertz CT molecular complexity index is 375. The van der Waals surface area contributed by atoms with Gasteiger partial charge in [-0.25, -0.2) is 0 Å². The molecule has 2 nitrogen and oxygen atoms in total. The molecule has 0 spiro atoms. The van der Waals surface area contributed by atoms with Gasteiger partial charge in [-0.15, -0.1) is 0 Å². The second kappa shape index (κ2) is 10.2. The van der Waals surface area contributed by atoms with Gasteiger partial charge in [-0.2, -0.15) is 8.78 Å². The van der Waals surface area contributed by atoms with Crippen molar-refractivity contribution in [2.45, 2.75) is 64.6 Å². The molecule has 1 heterocycles. The average Bonchev–Trinajstić information content (AvgIpc) is 2.55. The standard InChI is InChI=1S/C19H30F2O2/c1-2-3-4-5-19-22-13-17(14-23-19)11-8-15-6-9-16(10-7-15)12-18(20)21/h2-3,12,15-17,19H,4-11,13-14H2,1H3. The molecule has 1 aliphatic carbocycles. The Morgan fingerprint density at radius 1 is 0.957 bits per heavy atom. The van der Waals surface area contributed by atoms with Crippen LogP contribution in [0.5, 0.6) is 0 Å². The van der Waals surface area contributed by atoms with Gasteiger partial charge in [-0.05, 0) is 63.4 Å². The van der Waals surface area contributed by atoms with E-state index in [2.05, 4.69) is 12.2 Å². The van der Waals surface area contributed by atoms with Crippen LogP contribution in [0.3, 0.4) is 0 Å². The van der Waals surface area contributed by atoms with Crippen LogP contribution in [0, 0.1) is 17.8 Å². The van der Waals surface area contributed by atoms with Crippen LogP contribution >= 0.6 is 0 Å². The van der Waals surface area contributed by atoms with Crippen LogP contribution in [-0.2, 0) is 9.47 Å². The van der Waals surface area contributed by atoms with E-state index in [-0.39, 0.29) is 12.2 Å². The molecule has 0 radical (unpaired) electrons. The Morgan fingerprint density at radius 2 is 1.61 bits per heavy atom. The van der Waals surface area contributed by atoms with E-state index in [1.54, 1.807) is 0 Å². The van der Waals surface area contributed by atoms with Crippen LogP contribution in [0.15, 0.2) is 24.3 Å². The quantitative estimate of drug-likeness (QED) is 0.558. The summed E-state index contributed by atoms with van der Waals surface area (Å²) in [6.07, 6.45) is 12.0. The summed E-state index contributed by atoms with van der Waals surface area (Å²) in [5.74, 6) is 1.28. The van der Waals surface area contributed by atoms with Crippen molar-refractivity contribution < 1.29 is 18.3 Å². The minimum Gasteiger partial charge on any atom is -0.352 e. The Hall–Kier alpha value is -0.740. The van der Waals surface area contributed by atoms with E-state index >= 15 is 0 Å². The highest BCUT2D eigenvalue weighted by atomic mass is 19.3. The molecule has 1 aliphatic heterocycles. The van der Waals surface area contributed by atoms with Gasteiger partial charge in [0.1, 0.15) is 0 Å². The van der Waals surface area contributed by atoms with Gasteiger partial charge in [0, 0.05) is 12.3 Å². The third kappa shape index (κ3) is 7.13. The Kier molecular flexibility index (Phi) is 8.24. The first-order valence-corrected chi connectivity index (χ1v) is 9.04. The highest BCUT2D eigenvalue weighted by molar-refractivity contribution is 4.90. The fourth-order valence-electron chi connectivity index (χ4n) is 3.61. The zero-order chi connectivity index (χ0) is 16.5. The van der Waals surface area contributed by atoms with Crippen molar-refractivity contribution in [3.05, 3.63) is 24.3 Å². The summed E-state index contributed by atoms with van der Waals surface area (Å²) in [5.41, 5.74) is 0. The molecule has 0 atom stereocenters. The van der Waals surface area contributed by atoms with E-state index in [9.17, 15) is 8.78 Å². The smallest absolute Gasteiger partial charge is 0.266 e. The van der Waals surface area contributed by atoms with Gasteiger partial charge in [0.25, 0.3) is 6.08 Å². The van der Waals surface area contributed by atoms with Crippen LogP contribution in [0.25, 0.3) is 0 Å². The second-order valence-corrected chi connectivity index (χ2v) is 6.92. The predicted molar refractivity (Wildman–Crippen MR) is 88.2 cm³/mol. The molecule has 0 aromatic heterocycles. The molecular weight excluding hydrogens is 298 g/mol.